The molecule has 50 valence electrons. The third-order valence-electron chi connectivity index (χ3n) is 1.36. The van der Waals surface area contributed by atoms with E-state index in [1.807, 2.05) is 6.08 Å². The Balaban J connectivity index is 2.38. The fourth-order valence-electron chi connectivity index (χ4n) is 0.888. The first kappa shape index (κ1) is 6.40. The van der Waals surface area contributed by atoms with Crippen molar-refractivity contribution in [1.82, 2.24) is 0 Å². The summed E-state index contributed by atoms with van der Waals surface area (Å²) in [5, 5.41) is 0. The molecule has 0 spiro atoms. The van der Waals surface area contributed by atoms with Crippen molar-refractivity contribution in [3.63, 3.8) is 0 Å². The van der Waals surface area contributed by atoms with Crippen molar-refractivity contribution in [2.24, 2.45) is 0 Å². The minimum Gasteiger partial charge on any atom is -0.497 e. The lowest BCUT2D eigenvalue weighted by Crippen LogP contribution is -1.91. The number of hydrogen-bond donors (Lipinski definition) is 0. The van der Waals surface area contributed by atoms with Crippen LogP contribution in [0.3, 0.4) is 0 Å². The molecule has 0 bridgehead atoms. The Morgan fingerprint density at radius 1 is 1.67 bits per heavy atom. The lowest BCUT2D eigenvalue weighted by Gasteiger charge is -2.05. The van der Waals surface area contributed by atoms with Gasteiger partial charge in [-0.3, -0.25) is 0 Å². The Bertz CT molecular complexity index is 134. The van der Waals surface area contributed by atoms with Crippen molar-refractivity contribution in [1.29, 1.82) is 0 Å². The Labute approximate surface area is 56.0 Å². The predicted octanol–water partition coefficient (Wildman–Crippen LogP) is 2.26. The standard InChI is InChI=1S/C8H12O/c1-2-3-8-4-6-9-7-5-8/h4-6H,2-3,7H2,1H3. The topological polar surface area (TPSA) is 9.23 Å². The SMILES string of the molecule is CCCC1=CCOC=C1. The van der Waals surface area contributed by atoms with Gasteiger partial charge in [0.1, 0.15) is 6.61 Å². The van der Waals surface area contributed by atoms with E-state index >= 15 is 0 Å². The number of hydrogen-bond acceptors (Lipinski definition) is 1. The van der Waals surface area contributed by atoms with Crippen molar-refractivity contribution >= 4 is 0 Å². The molecule has 0 saturated heterocycles. The van der Waals surface area contributed by atoms with Crippen LogP contribution in [-0.4, -0.2) is 6.61 Å². The monoisotopic (exact) mass is 124 g/mol. The summed E-state index contributed by atoms with van der Waals surface area (Å²) in [6.07, 6.45) is 8.33. The molecule has 1 rings (SSSR count). The first-order valence-corrected chi connectivity index (χ1v) is 3.40. The number of rotatable bonds is 2. The fraction of sp³-hybridized carbons (Fsp3) is 0.500. The van der Waals surface area contributed by atoms with Gasteiger partial charge in [0.15, 0.2) is 0 Å². The Morgan fingerprint density at radius 3 is 3.11 bits per heavy atom. The van der Waals surface area contributed by atoms with E-state index in [2.05, 4.69) is 13.0 Å². The summed E-state index contributed by atoms with van der Waals surface area (Å²) in [6, 6.07) is 0. The maximum atomic E-state index is 4.99. The number of allylic oxidation sites excluding steroid dienone is 2. The second-order valence-corrected chi connectivity index (χ2v) is 2.17. The molecule has 0 fully saturated rings. The van der Waals surface area contributed by atoms with E-state index in [0.717, 1.165) is 6.61 Å². The molecule has 0 aromatic heterocycles. The van der Waals surface area contributed by atoms with E-state index in [9.17, 15) is 0 Å². The van der Waals surface area contributed by atoms with Crippen LogP contribution in [0.15, 0.2) is 24.0 Å². The van der Waals surface area contributed by atoms with E-state index in [1.54, 1.807) is 6.26 Å². The zero-order chi connectivity index (χ0) is 6.53. The van der Waals surface area contributed by atoms with Gasteiger partial charge in [0.2, 0.25) is 0 Å². The Hall–Kier alpha value is -0.720. The molecule has 1 nitrogen and oxygen atoms in total. The van der Waals surface area contributed by atoms with Crippen LogP contribution in [0.5, 0.6) is 0 Å². The van der Waals surface area contributed by atoms with Crippen LogP contribution in [0.2, 0.25) is 0 Å². The maximum absolute atomic E-state index is 4.99. The highest BCUT2D eigenvalue weighted by Crippen LogP contribution is 2.09. The normalized spacial score (nSPS) is 16.8. The van der Waals surface area contributed by atoms with Crippen molar-refractivity contribution < 1.29 is 4.74 Å². The average Bonchev–Trinajstić information content (AvgIpc) is 1.91. The molecule has 1 aliphatic rings. The summed E-state index contributed by atoms with van der Waals surface area (Å²) < 4.78 is 4.99. The van der Waals surface area contributed by atoms with Gasteiger partial charge in [0.05, 0.1) is 6.26 Å². The summed E-state index contributed by atoms with van der Waals surface area (Å²) in [4.78, 5) is 0. The maximum Gasteiger partial charge on any atom is 0.106 e. The molecule has 0 amide bonds. The highest BCUT2D eigenvalue weighted by Gasteiger charge is 1.93. The second-order valence-electron chi connectivity index (χ2n) is 2.17. The van der Waals surface area contributed by atoms with Crippen LogP contribution in [0, 0.1) is 0 Å². The van der Waals surface area contributed by atoms with Gasteiger partial charge in [-0.15, -0.1) is 0 Å². The van der Waals surface area contributed by atoms with Crippen LogP contribution in [0.1, 0.15) is 19.8 Å². The first-order valence-electron chi connectivity index (χ1n) is 3.40. The quantitative estimate of drug-likeness (QED) is 0.548. The molecule has 1 aliphatic heterocycles. The van der Waals surface area contributed by atoms with E-state index in [0.29, 0.717) is 0 Å². The van der Waals surface area contributed by atoms with Crippen LogP contribution in [-0.2, 0) is 4.74 Å². The molecule has 0 atom stereocenters. The predicted molar refractivity (Wildman–Crippen MR) is 38.1 cm³/mol. The molecule has 9 heavy (non-hydrogen) atoms. The minimum absolute atomic E-state index is 0.756. The van der Waals surface area contributed by atoms with Gasteiger partial charge >= 0.3 is 0 Å². The zero-order valence-electron chi connectivity index (χ0n) is 5.76. The lowest BCUT2D eigenvalue weighted by molar-refractivity contribution is 0.283. The van der Waals surface area contributed by atoms with E-state index < -0.39 is 0 Å². The van der Waals surface area contributed by atoms with Gasteiger partial charge < -0.3 is 4.74 Å². The molecule has 1 heterocycles. The zero-order valence-corrected chi connectivity index (χ0v) is 5.76. The van der Waals surface area contributed by atoms with Crippen LogP contribution >= 0.6 is 0 Å². The van der Waals surface area contributed by atoms with Crippen LogP contribution in [0.4, 0.5) is 0 Å². The molecule has 0 N–H and O–H groups in total. The summed E-state index contributed by atoms with van der Waals surface area (Å²) >= 11 is 0. The van der Waals surface area contributed by atoms with Gasteiger partial charge in [-0.25, -0.2) is 0 Å². The summed E-state index contributed by atoms with van der Waals surface area (Å²) in [7, 11) is 0. The Morgan fingerprint density at radius 2 is 2.56 bits per heavy atom. The fourth-order valence-corrected chi connectivity index (χ4v) is 0.888. The minimum atomic E-state index is 0.756. The van der Waals surface area contributed by atoms with Gasteiger partial charge in [0, 0.05) is 0 Å². The number of ether oxygens (including phenoxy) is 1. The van der Waals surface area contributed by atoms with E-state index in [4.69, 9.17) is 4.74 Å². The van der Waals surface area contributed by atoms with Gasteiger partial charge in [-0.05, 0) is 24.1 Å². The molecule has 0 aromatic rings. The van der Waals surface area contributed by atoms with Crippen molar-refractivity contribution in [3.05, 3.63) is 24.0 Å². The third kappa shape index (κ3) is 1.92. The molecule has 0 saturated carbocycles. The van der Waals surface area contributed by atoms with Gasteiger partial charge in [-0.1, -0.05) is 13.3 Å². The molecular weight excluding hydrogens is 112 g/mol. The Kier molecular flexibility index (Phi) is 2.37. The van der Waals surface area contributed by atoms with E-state index in [1.165, 1.54) is 18.4 Å². The van der Waals surface area contributed by atoms with Gasteiger partial charge in [0.25, 0.3) is 0 Å². The van der Waals surface area contributed by atoms with Crippen LogP contribution in [0.25, 0.3) is 0 Å². The molecule has 0 aliphatic carbocycles. The lowest BCUT2D eigenvalue weighted by atomic mass is 10.1. The molecule has 0 aromatic carbocycles. The summed E-state index contributed by atoms with van der Waals surface area (Å²) in [5.74, 6) is 0. The molecular formula is C8H12O. The second kappa shape index (κ2) is 3.33. The van der Waals surface area contributed by atoms with E-state index in [-0.39, 0.29) is 0 Å². The van der Waals surface area contributed by atoms with Crippen molar-refractivity contribution in [3.8, 4) is 0 Å². The third-order valence-corrected chi connectivity index (χ3v) is 1.36. The highest BCUT2D eigenvalue weighted by atomic mass is 16.5. The summed E-state index contributed by atoms with van der Waals surface area (Å²) in [6.45, 7) is 2.94. The average molecular weight is 124 g/mol. The summed E-state index contributed by atoms with van der Waals surface area (Å²) in [5.41, 5.74) is 1.41. The highest BCUT2D eigenvalue weighted by molar-refractivity contribution is 5.19. The van der Waals surface area contributed by atoms with Crippen molar-refractivity contribution in [2.75, 3.05) is 6.61 Å². The molecule has 0 radical (unpaired) electrons. The van der Waals surface area contributed by atoms with Crippen LogP contribution < -0.4 is 0 Å². The largest absolute Gasteiger partial charge is 0.497 e. The van der Waals surface area contributed by atoms with Gasteiger partial charge in [-0.2, -0.15) is 0 Å². The smallest absolute Gasteiger partial charge is 0.106 e. The molecule has 0 unspecified atom stereocenters. The molecule has 1 heteroatoms. The first-order chi connectivity index (χ1) is 4.43. The van der Waals surface area contributed by atoms with Crippen molar-refractivity contribution in [2.45, 2.75) is 19.8 Å².